The highest BCUT2D eigenvalue weighted by atomic mass is 16.5. The van der Waals surface area contributed by atoms with E-state index in [0.29, 0.717) is 13.0 Å². The van der Waals surface area contributed by atoms with Gasteiger partial charge in [0.25, 0.3) is 0 Å². The molecule has 0 spiro atoms. The van der Waals surface area contributed by atoms with E-state index in [0.717, 1.165) is 24.0 Å². The van der Waals surface area contributed by atoms with Crippen LogP contribution in [0, 0.1) is 0 Å². The van der Waals surface area contributed by atoms with Crippen molar-refractivity contribution in [1.29, 1.82) is 0 Å². The van der Waals surface area contributed by atoms with Crippen LogP contribution in [0.15, 0.2) is 60.7 Å². The van der Waals surface area contributed by atoms with Gasteiger partial charge in [0.05, 0.1) is 30.0 Å². The number of hydrogen-bond acceptors (Lipinski definition) is 5. The summed E-state index contributed by atoms with van der Waals surface area (Å²) in [6.45, 7) is 27.0. The van der Waals surface area contributed by atoms with E-state index in [1.165, 1.54) is 0 Å². The van der Waals surface area contributed by atoms with Crippen LogP contribution >= 0.6 is 0 Å². The monoisotopic (exact) mass is 583 g/mol. The lowest BCUT2D eigenvalue weighted by molar-refractivity contribution is -0.138. The highest BCUT2D eigenvalue weighted by Crippen LogP contribution is 2.37. The molecule has 2 atom stereocenters. The Morgan fingerprint density at radius 3 is 1.60 bits per heavy atom. The Balaban J connectivity index is 2.16. The summed E-state index contributed by atoms with van der Waals surface area (Å²) >= 11 is 0. The largest absolute Gasteiger partial charge is 0.396 e. The van der Waals surface area contributed by atoms with E-state index >= 15 is 0 Å². The first-order valence-corrected chi connectivity index (χ1v) is 15.9. The molecule has 0 saturated carbocycles. The van der Waals surface area contributed by atoms with Crippen molar-refractivity contribution < 1.29 is 19.3 Å². The second-order valence-corrected chi connectivity index (χ2v) is 14.9. The highest BCUT2D eigenvalue weighted by molar-refractivity contribution is 5.30. The van der Waals surface area contributed by atoms with E-state index < -0.39 is 5.60 Å². The Hall–Kier alpha value is -1.76. The van der Waals surface area contributed by atoms with Gasteiger partial charge in [0.15, 0.2) is 0 Å². The van der Waals surface area contributed by atoms with Crippen LogP contribution in [0.25, 0.3) is 0 Å². The van der Waals surface area contributed by atoms with E-state index in [1.54, 1.807) is 0 Å². The third kappa shape index (κ3) is 11.4. The van der Waals surface area contributed by atoms with E-state index in [2.05, 4.69) is 137 Å². The van der Waals surface area contributed by atoms with Crippen LogP contribution < -0.4 is 0 Å². The van der Waals surface area contributed by atoms with Gasteiger partial charge in [-0.1, -0.05) is 60.7 Å². The van der Waals surface area contributed by atoms with Gasteiger partial charge in [-0.2, -0.15) is 0 Å². The first kappa shape index (κ1) is 36.4. The van der Waals surface area contributed by atoms with E-state index in [-0.39, 0.29) is 47.6 Å². The maximum Gasteiger partial charge on any atom is 0.108 e. The smallest absolute Gasteiger partial charge is 0.108 e. The second kappa shape index (κ2) is 15.3. The lowest BCUT2D eigenvalue weighted by atomic mass is 9.86. The summed E-state index contributed by atoms with van der Waals surface area (Å²) in [5, 5.41) is 9.89. The van der Waals surface area contributed by atoms with Gasteiger partial charge in [0, 0.05) is 30.1 Å². The summed E-state index contributed by atoms with van der Waals surface area (Å²) in [6, 6.07) is 21.1. The molecule has 0 bridgehead atoms. The molecule has 2 rings (SSSR count). The third-order valence-corrected chi connectivity index (χ3v) is 7.97. The Morgan fingerprint density at radius 2 is 1.14 bits per heavy atom. The molecule has 5 heteroatoms. The van der Waals surface area contributed by atoms with Crippen molar-refractivity contribution in [3.8, 4) is 0 Å². The molecule has 238 valence electrons. The Labute approximate surface area is 258 Å². The van der Waals surface area contributed by atoms with Crippen LogP contribution in [-0.4, -0.2) is 63.7 Å². The molecule has 0 aliphatic heterocycles. The van der Waals surface area contributed by atoms with Crippen molar-refractivity contribution in [3.05, 3.63) is 71.8 Å². The van der Waals surface area contributed by atoms with E-state index in [4.69, 9.17) is 14.2 Å². The normalized spacial score (nSPS) is 15.0. The predicted molar refractivity (Wildman–Crippen MR) is 176 cm³/mol. The SMILES string of the molecule is CC(C)OCC(C)(C)N(C(C)CC(C)(C)OC(C)CC(C)(C)OC(c1ccccc1)c1ccccc1)C(C)(C)CCO. The Morgan fingerprint density at radius 1 is 0.667 bits per heavy atom. The van der Waals surface area contributed by atoms with Crippen molar-refractivity contribution in [1.82, 2.24) is 4.90 Å². The number of aliphatic hydroxyl groups is 1. The lowest BCUT2D eigenvalue weighted by Gasteiger charge is -2.53. The molecule has 1 N–H and O–H groups in total. The summed E-state index contributed by atoms with van der Waals surface area (Å²) in [5.41, 5.74) is 1.09. The minimum atomic E-state index is -0.414. The van der Waals surface area contributed by atoms with Crippen LogP contribution in [0.2, 0.25) is 0 Å². The molecule has 0 aromatic heterocycles. The molecule has 2 aromatic rings. The summed E-state index contributed by atoms with van der Waals surface area (Å²) < 4.78 is 19.7. The summed E-state index contributed by atoms with van der Waals surface area (Å²) in [5.74, 6) is 0. The van der Waals surface area contributed by atoms with Crippen LogP contribution in [0.3, 0.4) is 0 Å². The number of benzene rings is 2. The van der Waals surface area contributed by atoms with Gasteiger partial charge in [-0.25, -0.2) is 0 Å². The van der Waals surface area contributed by atoms with Crippen LogP contribution in [-0.2, 0) is 14.2 Å². The molecule has 0 saturated heterocycles. The van der Waals surface area contributed by atoms with Crippen molar-refractivity contribution in [3.63, 3.8) is 0 Å². The minimum Gasteiger partial charge on any atom is -0.396 e. The standard InChI is InChI=1S/C37H61NO4/c1-28(2)40-27-35(7,8)38(34(5,6)23-24-39)29(3)25-36(9,10)41-30(4)26-37(11,12)42-33(31-19-15-13-16-20-31)32-21-17-14-18-22-32/h13-22,28-30,33,39H,23-27H2,1-12H3. The summed E-state index contributed by atoms with van der Waals surface area (Å²) in [6.07, 6.45) is 2.29. The zero-order chi connectivity index (χ0) is 31.8. The number of aliphatic hydroxyl groups excluding tert-OH is 1. The molecule has 0 aliphatic carbocycles. The Kier molecular flexibility index (Phi) is 13.3. The average Bonchev–Trinajstić information content (AvgIpc) is 2.85. The molecule has 2 aromatic carbocycles. The first-order valence-electron chi connectivity index (χ1n) is 15.9. The zero-order valence-electron chi connectivity index (χ0n) is 28.7. The first-order chi connectivity index (χ1) is 19.4. The molecule has 0 radical (unpaired) electrons. The topological polar surface area (TPSA) is 51.2 Å². The van der Waals surface area contributed by atoms with Gasteiger partial charge < -0.3 is 19.3 Å². The quantitative estimate of drug-likeness (QED) is 0.190. The minimum absolute atomic E-state index is 0.00872. The van der Waals surface area contributed by atoms with Gasteiger partial charge in [-0.3, -0.25) is 4.90 Å². The second-order valence-electron chi connectivity index (χ2n) is 14.9. The van der Waals surface area contributed by atoms with E-state index in [1.807, 2.05) is 12.1 Å². The van der Waals surface area contributed by atoms with Crippen molar-refractivity contribution in [2.75, 3.05) is 13.2 Å². The van der Waals surface area contributed by atoms with Gasteiger partial charge >= 0.3 is 0 Å². The maximum absolute atomic E-state index is 9.89. The fourth-order valence-corrected chi connectivity index (χ4v) is 6.93. The Bertz CT molecular complexity index is 993. The van der Waals surface area contributed by atoms with Crippen molar-refractivity contribution in [2.45, 2.75) is 149 Å². The summed E-state index contributed by atoms with van der Waals surface area (Å²) in [4.78, 5) is 2.53. The fourth-order valence-electron chi connectivity index (χ4n) is 6.93. The summed E-state index contributed by atoms with van der Waals surface area (Å²) in [7, 11) is 0. The fraction of sp³-hybridized carbons (Fsp3) is 0.676. The number of rotatable bonds is 18. The predicted octanol–water partition coefficient (Wildman–Crippen LogP) is 8.59. The number of hydrogen-bond donors (Lipinski definition) is 1. The number of ether oxygens (including phenoxy) is 3. The molecule has 2 unspecified atom stereocenters. The zero-order valence-corrected chi connectivity index (χ0v) is 28.7. The number of nitrogens with zero attached hydrogens (tertiary/aromatic N) is 1. The van der Waals surface area contributed by atoms with Gasteiger partial charge in [-0.15, -0.1) is 0 Å². The van der Waals surface area contributed by atoms with Crippen molar-refractivity contribution in [2.24, 2.45) is 0 Å². The molecule has 42 heavy (non-hydrogen) atoms. The third-order valence-electron chi connectivity index (χ3n) is 7.97. The van der Waals surface area contributed by atoms with Gasteiger partial charge in [-0.05, 0) is 107 Å². The molecule has 0 aliphatic rings. The molecular weight excluding hydrogens is 522 g/mol. The van der Waals surface area contributed by atoms with Gasteiger partial charge in [0.1, 0.15) is 6.10 Å². The van der Waals surface area contributed by atoms with Gasteiger partial charge in [0.2, 0.25) is 0 Å². The molecule has 0 amide bonds. The average molecular weight is 584 g/mol. The highest BCUT2D eigenvalue weighted by Gasteiger charge is 2.43. The maximum atomic E-state index is 9.89. The van der Waals surface area contributed by atoms with Crippen LogP contribution in [0.5, 0.6) is 0 Å². The molecular formula is C37H61NO4. The molecule has 5 nitrogen and oxygen atoms in total. The van der Waals surface area contributed by atoms with Crippen molar-refractivity contribution >= 4 is 0 Å². The lowest BCUT2D eigenvalue weighted by Crippen LogP contribution is -2.62. The van der Waals surface area contributed by atoms with E-state index in [9.17, 15) is 5.11 Å². The van der Waals surface area contributed by atoms with Crippen LogP contribution in [0.1, 0.15) is 120 Å². The van der Waals surface area contributed by atoms with Crippen LogP contribution in [0.4, 0.5) is 0 Å². The molecule has 0 heterocycles. The molecule has 0 fully saturated rings.